The van der Waals surface area contributed by atoms with Crippen molar-refractivity contribution in [3.8, 4) is 5.75 Å². The normalized spacial score (nSPS) is 15.4. The van der Waals surface area contributed by atoms with Crippen molar-refractivity contribution in [2.45, 2.75) is 18.2 Å². The van der Waals surface area contributed by atoms with Gasteiger partial charge in [-0.05, 0) is 24.7 Å². The Morgan fingerprint density at radius 1 is 1.19 bits per heavy atom. The monoisotopic (exact) mass is 397 g/mol. The molecule has 1 N–H and O–H groups in total. The Labute approximate surface area is 160 Å². The summed E-state index contributed by atoms with van der Waals surface area (Å²) in [4.78, 5) is 28.6. The van der Waals surface area contributed by atoms with E-state index in [9.17, 15) is 18.0 Å². The summed E-state index contributed by atoms with van der Waals surface area (Å²) in [5, 5.41) is 2.67. The maximum atomic E-state index is 12.3. The van der Waals surface area contributed by atoms with Crippen LogP contribution in [0.15, 0.2) is 23.1 Å². The molecule has 8 nitrogen and oxygen atoms in total. The van der Waals surface area contributed by atoms with E-state index in [-0.39, 0.29) is 35.1 Å². The number of rotatable bonds is 7. The Kier molecular flexibility index (Phi) is 7.20. The number of nitrogens with zero attached hydrogens (tertiary/aromatic N) is 2. The summed E-state index contributed by atoms with van der Waals surface area (Å²) in [5.41, 5.74) is 0.209. The zero-order chi connectivity index (χ0) is 20.0. The third-order valence-corrected chi connectivity index (χ3v) is 5.74. The van der Waals surface area contributed by atoms with Gasteiger partial charge in [0.2, 0.25) is 5.91 Å². The molecule has 0 aromatic heterocycles. The summed E-state index contributed by atoms with van der Waals surface area (Å²) in [7, 11) is -2.16. The Morgan fingerprint density at radius 2 is 1.85 bits per heavy atom. The van der Waals surface area contributed by atoms with Crippen LogP contribution in [-0.2, 0) is 14.6 Å². The number of piperazine rings is 1. The molecular formula is C18H27N3O5S. The molecule has 0 spiro atoms. The van der Waals surface area contributed by atoms with E-state index in [0.717, 1.165) is 25.9 Å². The van der Waals surface area contributed by atoms with Crippen LogP contribution in [-0.4, -0.2) is 82.7 Å². The fourth-order valence-electron chi connectivity index (χ4n) is 2.96. The van der Waals surface area contributed by atoms with Crippen LogP contribution in [0, 0.1) is 0 Å². The maximum Gasteiger partial charge on any atom is 0.251 e. The first-order valence-electron chi connectivity index (χ1n) is 8.92. The van der Waals surface area contributed by atoms with Crippen LogP contribution in [0.3, 0.4) is 0 Å². The molecule has 1 aromatic rings. The molecule has 27 heavy (non-hydrogen) atoms. The fraction of sp³-hybridized carbons (Fsp3) is 0.556. The van der Waals surface area contributed by atoms with Gasteiger partial charge in [0, 0.05) is 51.0 Å². The molecule has 1 fully saturated rings. The van der Waals surface area contributed by atoms with E-state index in [4.69, 9.17) is 4.74 Å². The summed E-state index contributed by atoms with van der Waals surface area (Å²) >= 11 is 0. The predicted molar refractivity (Wildman–Crippen MR) is 102 cm³/mol. The van der Waals surface area contributed by atoms with Crippen molar-refractivity contribution in [2.75, 3.05) is 52.6 Å². The first-order valence-corrected chi connectivity index (χ1v) is 10.8. The van der Waals surface area contributed by atoms with Crippen molar-refractivity contribution in [3.05, 3.63) is 23.8 Å². The van der Waals surface area contributed by atoms with Gasteiger partial charge in [-0.3, -0.25) is 9.59 Å². The largest absolute Gasteiger partial charge is 0.495 e. The molecular weight excluding hydrogens is 370 g/mol. The van der Waals surface area contributed by atoms with Crippen LogP contribution in [0.1, 0.15) is 23.7 Å². The van der Waals surface area contributed by atoms with Gasteiger partial charge in [0.05, 0.1) is 7.11 Å². The summed E-state index contributed by atoms with van der Waals surface area (Å²) in [6.07, 6.45) is 1.27. The highest BCUT2D eigenvalue weighted by Gasteiger charge is 2.20. The molecule has 0 aliphatic carbocycles. The molecule has 1 saturated heterocycles. The summed E-state index contributed by atoms with van der Waals surface area (Å²) < 4.78 is 28.7. The van der Waals surface area contributed by atoms with Gasteiger partial charge in [-0.25, -0.2) is 8.42 Å². The number of hydrogen-bond acceptors (Lipinski definition) is 6. The molecule has 1 heterocycles. The van der Waals surface area contributed by atoms with E-state index >= 15 is 0 Å². The van der Waals surface area contributed by atoms with Gasteiger partial charge in [-0.2, -0.15) is 0 Å². The first-order chi connectivity index (χ1) is 12.8. The van der Waals surface area contributed by atoms with E-state index in [1.165, 1.54) is 25.3 Å². The van der Waals surface area contributed by atoms with Crippen LogP contribution in [0.25, 0.3) is 0 Å². The molecule has 0 atom stereocenters. The number of ether oxygens (including phenoxy) is 1. The lowest BCUT2D eigenvalue weighted by Crippen LogP contribution is -2.49. The number of sulfone groups is 1. The molecule has 9 heteroatoms. The molecule has 0 radical (unpaired) electrons. The summed E-state index contributed by atoms with van der Waals surface area (Å²) in [6, 6.07) is 4.23. The minimum Gasteiger partial charge on any atom is -0.495 e. The van der Waals surface area contributed by atoms with Gasteiger partial charge in [-0.1, -0.05) is 6.92 Å². The number of nitrogens with one attached hydrogen (secondary N) is 1. The van der Waals surface area contributed by atoms with Gasteiger partial charge in [-0.15, -0.1) is 0 Å². The Morgan fingerprint density at radius 3 is 2.41 bits per heavy atom. The quantitative estimate of drug-likeness (QED) is 0.715. The summed E-state index contributed by atoms with van der Waals surface area (Å²) in [5.74, 6) is -0.223. The highest BCUT2D eigenvalue weighted by Crippen LogP contribution is 2.24. The molecule has 0 saturated carbocycles. The van der Waals surface area contributed by atoms with Crippen LogP contribution >= 0.6 is 0 Å². The maximum absolute atomic E-state index is 12.3. The van der Waals surface area contributed by atoms with Crippen LogP contribution < -0.4 is 10.1 Å². The van der Waals surface area contributed by atoms with Crippen molar-refractivity contribution in [1.82, 2.24) is 15.1 Å². The number of carbonyl (C=O) groups excluding carboxylic acids is 2. The average molecular weight is 397 g/mol. The number of likely N-dealkylation sites (N-methyl/N-ethyl adjacent to an activating group) is 1. The van der Waals surface area contributed by atoms with Gasteiger partial charge in [0.1, 0.15) is 10.6 Å². The number of benzene rings is 1. The lowest BCUT2D eigenvalue weighted by atomic mass is 10.2. The minimum atomic E-state index is -3.53. The molecule has 150 valence electrons. The second kappa shape index (κ2) is 9.18. The number of methoxy groups -OCH3 is 1. The Hall–Kier alpha value is -2.13. The van der Waals surface area contributed by atoms with E-state index in [2.05, 4.69) is 17.1 Å². The van der Waals surface area contributed by atoms with Crippen LogP contribution in [0.4, 0.5) is 0 Å². The van der Waals surface area contributed by atoms with E-state index in [1.807, 2.05) is 4.90 Å². The highest BCUT2D eigenvalue weighted by atomic mass is 32.2. The van der Waals surface area contributed by atoms with Crippen molar-refractivity contribution in [1.29, 1.82) is 0 Å². The third kappa shape index (κ3) is 5.67. The molecule has 2 amide bonds. The van der Waals surface area contributed by atoms with E-state index < -0.39 is 15.7 Å². The van der Waals surface area contributed by atoms with E-state index in [0.29, 0.717) is 13.1 Å². The van der Waals surface area contributed by atoms with E-state index in [1.54, 1.807) is 0 Å². The second-order valence-electron chi connectivity index (χ2n) is 6.46. The highest BCUT2D eigenvalue weighted by molar-refractivity contribution is 7.90. The molecule has 0 bridgehead atoms. The van der Waals surface area contributed by atoms with Gasteiger partial charge in [0.25, 0.3) is 5.91 Å². The first kappa shape index (κ1) is 21.2. The van der Waals surface area contributed by atoms with Crippen molar-refractivity contribution >= 4 is 21.7 Å². The fourth-order valence-corrected chi connectivity index (χ4v) is 3.82. The predicted octanol–water partition coefficient (Wildman–Crippen LogP) is 0.383. The standard InChI is InChI=1S/C18H27N3O5S/c1-4-20-9-11-21(12-10-20)17(22)7-8-19-18(23)14-5-6-15(26-2)16(13-14)27(3,24)25/h5-6,13H,4,7-12H2,1-3H3,(H,19,23). The minimum absolute atomic E-state index is 0.0117. The van der Waals surface area contributed by atoms with Crippen molar-refractivity contribution in [2.24, 2.45) is 0 Å². The van der Waals surface area contributed by atoms with Crippen molar-refractivity contribution < 1.29 is 22.7 Å². The smallest absolute Gasteiger partial charge is 0.251 e. The number of amides is 2. The van der Waals surface area contributed by atoms with Gasteiger partial charge in [0.15, 0.2) is 9.84 Å². The third-order valence-electron chi connectivity index (χ3n) is 4.62. The lowest BCUT2D eigenvalue weighted by molar-refractivity contribution is -0.132. The zero-order valence-corrected chi connectivity index (χ0v) is 16.8. The van der Waals surface area contributed by atoms with Gasteiger partial charge < -0.3 is 19.9 Å². The average Bonchev–Trinajstić information content (AvgIpc) is 2.66. The molecule has 1 aliphatic heterocycles. The SMILES string of the molecule is CCN1CCN(C(=O)CCNC(=O)c2ccc(OC)c(S(C)(=O)=O)c2)CC1. The number of hydrogen-bond donors (Lipinski definition) is 1. The van der Waals surface area contributed by atoms with Crippen LogP contribution in [0.2, 0.25) is 0 Å². The Balaban J connectivity index is 1.90. The molecule has 0 unspecified atom stereocenters. The second-order valence-corrected chi connectivity index (χ2v) is 8.44. The number of carbonyl (C=O) groups is 2. The van der Waals surface area contributed by atoms with Crippen LogP contribution in [0.5, 0.6) is 5.75 Å². The molecule has 1 aromatic carbocycles. The Bertz CT molecular complexity index is 786. The topological polar surface area (TPSA) is 96.0 Å². The van der Waals surface area contributed by atoms with Gasteiger partial charge >= 0.3 is 0 Å². The lowest BCUT2D eigenvalue weighted by Gasteiger charge is -2.34. The van der Waals surface area contributed by atoms with Crippen molar-refractivity contribution in [3.63, 3.8) is 0 Å². The molecule has 2 rings (SSSR count). The molecule has 1 aliphatic rings. The zero-order valence-electron chi connectivity index (χ0n) is 16.0. The summed E-state index contributed by atoms with van der Waals surface area (Å²) in [6.45, 7) is 6.43.